The molecule has 0 N–H and O–H groups in total. The van der Waals surface area contributed by atoms with Crippen LogP contribution in [0.3, 0.4) is 0 Å². The number of carbonyl (C=O) groups excluding carboxylic acids is 1. The quantitative estimate of drug-likeness (QED) is 0.493. The minimum atomic E-state index is -0.390. The molecule has 0 bridgehead atoms. The summed E-state index contributed by atoms with van der Waals surface area (Å²) < 4.78 is 4.69. The summed E-state index contributed by atoms with van der Waals surface area (Å²) >= 11 is 0. The molecule has 1 aromatic carbocycles. The molecule has 0 unspecified atom stereocenters. The van der Waals surface area contributed by atoms with Crippen molar-refractivity contribution in [2.45, 2.75) is 6.92 Å². The molecule has 2 heterocycles. The lowest BCUT2D eigenvalue weighted by molar-refractivity contribution is 0.0600. The van der Waals surface area contributed by atoms with Crippen molar-refractivity contribution in [1.29, 1.82) is 0 Å². The van der Waals surface area contributed by atoms with E-state index in [1.54, 1.807) is 6.07 Å². The van der Waals surface area contributed by atoms with E-state index in [1.807, 2.05) is 25.1 Å². The molecule has 0 amide bonds. The van der Waals surface area contributed by atoms with Crippen LogP contribution < -0.4 is 0 Å². The number of fused-ring (bicyclic) bond motifs is 2. The van der Waals surface area contributed by atoms with E-state index < -0.39 is 5.97 Å². The molecule has 4 nitrogen and oxygen atoms in total. The fourth-order valence-corrected chi connectivity index (χ4v) is 2.08. The highest BCUT2D eigenvalue weighted by Gasteiger charge is 2.08. The molecule has 3 rings (SSSR count). The molecule has 4 heteroatoms. The summed E-state index contributed by atoms with van der Waals surface area (Å²) in [6.07, 6.45) is 1.49. The lowest BCUT2D eigenvalue weighted by Gasteiger charge is -2.04. The second-order valence-electron chi connectivity index (χ2n) is 4.45. The van der Waals surface area contributed by atoms with Gasteiger partial charge in [0.1, 0.15) is 0 Å². The molecule has 0 fully saturated rings. The number of aryl methyl sites for hydroxylation is 1. The van der Waals surface area contributed by atoms with E-state index in [2.05, 4.69) is 16.0 Å². The number of hydrogen-bond donors (Lipinski definition) is 0. The number of ether oxygens (including phenoxy) is 1. The Balaban J connectivity index is 2.27. The van der Waals surface area contributed by atoms with Crippen LogP contribution >= 0.6 is 0 Å². The summed E-state index contributed by atoms with van der Waals surface area (Å²) in [5, 5.41) is 1.87. The van der Waals surface area contributed by atoms with Crippen LogP contribution in [-0.4, -0.2) is 23.0 Å². The Morgan fingerprint density at radius 3 is 2.79 bits per heavy atom. The van der Waals surface area contributed by atoms with Crippen molar-refractivity contribution in [2.75, 3.05) is 7.11 Å². The number of rotatable bonds is 1. The van der Waals surface area contributed by atoms with Gasteiger partial charge in [-0.1, -0.05) is 11.6 Å². The largest absolute Gasteiger partial charge is 0.465 e. The van der Waals surface area contributed by atoms with Crippen molar-refractivity contribution in [3.05, 3.63) is 47.7 Å². The maximum absolute atomic E-state index is 11.5. The number of carbonyl (C=O) groups is 1. The summed E-state index contributed by atoms with van der Waals surface area (Å²) in [4.78, 5) is 20.2. The fourth-order valence-electron chi connectivity index (χ4n) is 2.08. The Morgan fingerprint density at radius 2 is 2.00 bits per heavy atom. The Labute approximate surface area is 110 Å². The summed E-state index contributed by atoms with van der Waals surface area (Å²) in [5.41, 5.74) is 3.13. The highest BCUT2D eigenvalue weighted by molar-refractivity contribution is 5.96. The maximum Gasteiger partial charge on any atom is 0.339 e. The average Bonchev–Trinajstić information content (AvgIpc) is 2.43. The van der Waals surface area contributed by atoms with Crippen molar-refractivity contribution in [1.82, 2.24) is 9.97 Å². The fraction of sp³-hybridized carbons (Fsp3) is 0.133. The van der Waals surface area contributed by atoms with Crippen LogP contribution in [0.1, 0.15) is 15.9 Å². The predicted octanol–water partition coefficient (Wildman–Crippen LogP) is 2.88. The molecule has 94 valence electrons. The summed E-state index contributed by atoms with van der Waals surface area (Å²) in [6.45, 7) is 2.03. The van der Waals surface area contributed by atoms with E-state index in [4.69, 9.17) is 4.74 Å². The first-order chi connectivity index (χ1) is 9.17. The van der Waals surface area contributed by atoms with Gasteiger partial charge in [0, 0.05) is 17.0 Å². The second-order valence-corrected chi connectivity index (χ2v) is 4.45. The van der Waals surface area contributed by atoms with Gasteiger partial charge < -0.3 is 4.74 Å². The summed E-state index contributed by atoms with van der Waals surface area (Å²) in [5.74, 6) is -0.390. The first-order valence-corrected chi connectivity index (χ1v) is 5.93. The minimum Gasteiger partial charge on any atom is -0.465 e. The van der Waals surface area contributed by atoms with E-state index in [9.17, 15) is 4.79 Å². The number of nitrogens with zero attached hydrogens (tertiary/aromatic N) is 2. The molecule has 3 aromatic rings. The molecule has 0 saturated carbocycles. The first-order valence-electron chi connectivity index (χ1n) is 5.93. The van der Waals surface area contributed by atoms with Crippen molar-refractivity contribution in [3.63, 3.8) is 0 Å². The SMILES string of the molecule is COC(=O)c1cnc2nc3ccc(C)cc3cc2c1. The third-order valence-electron chi connectivity index (χ3n) is 3.04. The number of aromatic nitrogens is 2. The molecular formula is C15H12N2O2. The van der Waals surface area contributed by atoms with Crippen molar-refractivity contribution in [3.8, 4) is 0 Å². The van der Waals surface area contributed by atoms with Crippen molar-refractivity contribution in [2.24, 2.45) is 0 Å². The zero-order valence-electron chi connectivity index (χ0n) is 10.7. The van der Waals surface area contributed by atoms with Crippen LogP contribution in [0.4, 0.5) is 0 Å². The lowest BCUT2D eigenvalue weighted by Crippen LogP contribution is -2.02. The van der Waals surface area contributed by atoms with Crippen LogP contribution in [-0.2, 0) is 4.74 Å². The molecule has 0 aliphatic rings. The maximum atomic E-state index is 11.5. The Hall–Kier alpha value is -2.49. The topological polar surface area (TPSA) is 52.1 Å². The number of pyridine rings is 2. The molecule has 0 radical (unpaired) electrons. The van der Waals surface area contributed by atoms with Gasteiger partial charge in [-0.25, -0.2) is 14.8 Å². The minimum absolute atomic E-state index is 0.390. The normalized spacial score (nSPS) is 10.8. The molecule has 0 aliphatic carbocycles. The van der Waals surface area contributed by atoms with Gasteiger partial charge in [0.05, 0.1) is 18.2 Å². The number of methoxy groups -OCH3 is 1. The molecule has 0 saturated heterocycles. The third kappa shape index (κ3) is 2.01. The number of esters is 1. The summed E-state index contributed by atoms with van der Waals surface area (Å²) in [7, 11) is 1.36. The molecular weight excluding hydrogens is 240 g/mol. The Bertz CT molecular complexity index is 797. The molecule has 0 atom stereocenters. The highest BCUT2D eigenvalue weighted by Crippen LogP contribution is 2.20. The molecule has 19 heavy (non-hydrogen) atoms. The van der Waals surface area contributed by atoms with E-state index >= 15 is 0 Å². The van der Waals surface area contributed by atoms with Crippen LogP contribution in [0.25, 0.3) is 21.9 Å². The van der Waals surface area contributed by atoms with Crippen LogP contribution in [0.15, 0.2) is 36.5 Å². The number of hydrogen-bond acceptors (Lipinski definition) is 4. The van der Waals surface area contributed by atoms with Gasteiger partial charge in [-0.05, 0) is 31.2 Å². The summed E-state index contributed by atoms with van der Waals surface area (Å²) in [6, 6.07) is 9.80. The zero-order valence-corrected chi connectivity index (χ0v) is 10.7. The van der Waals surface area contributed by atoms with Gasteiger partial charge in [-0.3, -0.25) is 0 Å². The van der Waals surface area contributed by atoms with Crippen molar-refractivity contribution >= 4 is 27.9 Å². The van der Waals surface area contributed by atoms with Crippen LogP contribution in [0, 0.1) is 6.92 Å². The van der Waals surface area contributed by atoms with Gasteiger partial charge in [0.2, 0.25) is 0 Å². The lowest BCUT2D eigenvalue weighted by atomic mass is 10.1. The van der Waals surface area contributed by atoms with Crippen LogP contribution in [0.5, 0.6) is 0 Å². The standard InChI is InChI=1S/C15H12N2O2/c1-9-3-4-13-10(5-9)6-11-7-12(15(18)19-2)8-16-14(11)17-13/h3-8H,1-2H3. The van der Waals surface area contributed by atoms with Gasteiger partial charge in [-0.2, -0.15) is 0 Å². The van der Waals surface area contributed by atoms with Crippen LogP contribution in [0.2, 0.25) is 0 Å². The smallest absolute Gasteiger partial charge is 0.339 e. The second kappa shape index (κ2) is 4.31. The van der Waals surface area contributed by atoms with Crippen molar-refractivity contribution < 1.29 is 9.53 Å². The third-order valence-corrected chi connectivity index (χ3v) is 3.04. The Morgan fingerprint density at radius 1 is 1.16 bits per heavy atom. The zero-order chi connectivity index (χ0) is 13.4. The van der Waals surface area contributed by atoms with Gasteiger partial charge >= 0.3 is 5.97 Å². The van der Waals surface area contributed by atoms with Gasteiger partial charge in [0.25, 0.3) is 0 Å². The molecule has 2 aromatic heterocycles. The monoisotopic (exact) mass is 252 g/mol. The van der Waals surface area contributed by atoms with E-state index in [1.165, 1.54) is 18.9 Å². The van der Waals surface area contributed by atoms with E-state index in [-0.39, 0.29) is 0 Å². The predicted molar refractivity (Wildman–Crippen MR) is 73.1 cm³/mol. The van der Waals surface area contributed by atoms with Gasteiger partial charge in [-0.15, -0.1) is 0 Å². The Kier molecular flexibility index (Phi) is 2.63. The molecule has 0 aliphatic heterocycles. The highest BCUT2D eigenvalue weighted by atomic mass is 16.5. The number of benzene rings is 1. The van der Waals surface area contributed by atoms with Gasteiger partial charge in [0.15, 0.2) is 5.65 Å². The first kappa shape index (κ1) is 11.6. The van der Waals surface area contributed by atoms with E-state index in [0.29, 0.717) is 11.2 Å². The van der Waals surface area contributed by atoms with E-state index in [0.717, 1.165) is 16.3 Å². The molecule has 0 spiro atoms. The average molecular weight is 252 g/mol.